The van der Waals surface area contributed by atoms with Crippen LogP contribution < -0.4 is 10.2 Å². The Morgan fingerprint density at radius 3 is 2.74 bits per heavy atom. The summed E-state index contributed by atoms with van der Waals surface area (Å²) in [6.45, 7) is 4.89. The van der Waals surface area contributed by atoms with Crippen LogP contribution in [0.15, 0.2) is 49.1 Å². The fraction of sp³-hybridized carbons (Fsp3) is 0.400. The highest BCUT2D eigenvalue weighted by Crippen LogP contribution is 2.47. The van der Waals surface area contributed by atoms with Crippen LogP contribution in [0, 0.1) is 5.92 Å². The number of benzene rings is 1. The molecule has 3 heterocycles. The number of nitrogens with one attached hydrogen (secondary N) is 1. The van der Waals surface area contributed by atoms with Gasteiger partial charge in [0.05, 0.1) is 36.3 Å². The van der Waals surface area contributed by atoms with Gasteiger partial charge in [0.25, 0.3) is 0 Å². The van der Waals surface area contributed by atoms with Crippen molar-refractivity contribution < 1.29 is 14.3 Å². The van der Waals surface area contributed by atoms with Crippen LogP contribution in [0.2, 0.25) is 0 Å². The van der Waals surface area contributed by atoms with E-state index in [4.69, 9.17) is 9.72 Å². The van der Waals surface area contributed by atoms with E-state index in [0.29, 0.717) is 29.8 Å². The number of aromatic nitrogens is 4. The topological polar surface area (TPSA) is 105 Å². The summed E-state index contributed by atoms with van der Waals surface area (Å²) in [7, 11) is 3.18. The number of anilines is 2. The highest BCUT2D eigenvalue weighted by molar-refractivity contribution is 5.94. The van der Waals surface area contributed by atoms with Crippen LogP contribution in [0.3, 0.4) is 0 Å². The maximum atomic E-state index is 12.8. The average Bonchev–Trinajstić information content (AvgIpc) is 3.33. The first-order valence-corrected chi connectivity index (χ1v) is 11.7. The van der Waals surface area contributed by atoms with Crippen molar-refractivity contribution in [3.63, 3.8) is 0 Å². The highest BCUT2D eigenvalue weighted by Gasteiger charge is 2.47. The molecule has 35 heavy (non-hydrogen) atoms. The van der Waals surface area contributed by atoms with Crippen molar-refractivity contribution >= 4 is 23.8 Å². The molecule has 1 aromatic carbocycles. The van der Waals surface area contributed by atoms with Crippen molar-refractivity contribution in [1.29, 1.82) is 0 Å². The molecule has 5 rings (SSSR count). The first kappa shape index (κ1) is 22.8. The van der Waals surface area contributed by atoms with Crippen LogP contribution in [0.1, 0.15) is 42.7 Å². The Morgan fingerprint density at radius 1 is 1.23 bits per heavy atom. The quantitative estimate of drug-likeness (QED) is 0.522. The second kappa shape index (κ2) is 8.68. The standard InChI is InChI=1S/C25H29N7O3/c1-16(2)19-13-30(3)24(34)32(19)21-8-11-26-23(28-21)29-25(9-10-25)20-14-31(15-27-20)18-7-5-6-17(12-18)22(33)35-4/h5-8,11-12,14-16,19H,9-10,13H2,1-4H3,(H,26,28,29)/t19-/m1/s1. The normalized spacial score (nSPS) is 18.8. The number of likely N-dealkylation sites (N-methyl/N-ethyl adjacent to an activating group) is 1. The zero-order valence-corrected chi connectivity index (χ0v) is 20.3. The number of rotatable bonds is 7. The van der Waals surface area contributed by atoms with Crippen LogP contribution in [0.25, 0.3) is 5.69 Å². The highest BCUT2D eigenvalue weighted by atomic mass is 16.5. The molecule has 2 amide bonds. The number of imidazole rings is 1. The average molecular weight is 476 g/mol. The molecule has 2 aliphatic rings. The summed E-state index contributed by atoms with van der Waals surface area (Å²) in [6, 6.07) is 8.99. The summed E-state index contributed by atoms with van der Waals surface area (Å²) in [4.78, 5) is 41.9. The monoisotopic (exact) mass is 475 g/mol. The largest absolute Gasteiger partial charge is 0.465 e. The Labute approximate surface area is 203 Å². The summed E-state index contributed by atoms with van der Waals surface area (Å²) in [5, 5.41) is 3.46. The number of carbonyl (C=O) groups excluding carboxylic acids is 2. The lowest BCUT2D eigenvalue weighted by Gasteiger charge is -2.25. The molecule has 0 radical (unpaired) electrons. The molecule has 1 saturated carbocycles. The summed E-state index contributed by atoms with van der Waals surface area (Å²) >= 11 is 0. The van der Waals surface area contributed by atoms with Crippen molar-refractivity contribution in [1.82, 2.24) is 24.4 Å². The van der Waals surface area contributed by atoms with Crippen LogP contribution in [0.5, 0.6) is 0 Å². The lowest BCUT2D eigenvalue weighted by atomic mass is 10.0. The number of methoxy groups -OCH3 is 1. The van der Waals surface area contributed by atoms with Crippen molar-refractivity contribution in [3.8, 4) is 5.69 Å². The van der Waals surface area contributed by atoms with E-state index < -0.39 is 0 Å². The zero-order chi connectivity index (χ0) is 24.7. The molecular weight excluding hydrogens is 446 g/mol. The Bertz CT molecular complexity index is 1270. The van der Waals surface area contributed by atoms with Crippen molar-refractivity contribution in [2.24, 2.45) is 5.92 Å². The predicted molar refractivity (Wildman–Crippen MR) is 131 cm³/mol. The lowest BCUT2D eigenvalue weighted by Crippen LogP contribution is -2.38. The first-order valence-electron chi connectivity index (χ1n) is 11.7. The van der Waals surface area contributed by atoms with Crippen LogP contribution in [-0.2, 0) is 10.3 Å². The van der Waals surface area contributed by atoms with Gasteiger partial charge in [0, 0.05) is 31.7 Å². The van der Waals surface area contributed by atoms with E-state index in [1.165, 1.54) is 7.11 Å². The number of esters is 1. The minimum absolute atomic E-state index is 0.0533. The minimum Gasteiger partial charge on any atom is -0.465 e. The number of hydrogen-bond acceptors (Lipinski definition) is 7. The second-order valence-electron chi connectivity index (χ2n) is 9.50. The van der Waals surface area contributed by atoms with E-state index in [9.17, 15) is 9.59 Å². The molecule has 182 valence electrons. The molecular formula is C25H29N7O3. The number of hydrogen-bond donors (Lipinski definition) is 1. The van der Waals surface area contributed by atoms with Gasteiger partial charge in [-0.25, -0.2) is 19.6 Å². The molecule has 1 N–H and O–H groups in total. The van der Waals surface area contributed by atoms with Gasteiger partial charge in [-0.2, -0.15) is 4.98 Å². The predicted octanol–water partition coefficient (Wildman–Crippen LogP) is 3.45. The number of carbonyl (C=O) groups is 2. The molecule has 2 fully saturated rings. The maximum absolute atomic E-state index is 12.8. The summed E-state index contributed by atoms with van der Waals surface area (Å²) in [5.74, 6) is 0.974. The molecule has 1 aliphatic carbocycles. The van der Waals surface area contributed by atoms with Crippen LogP contribution in [-0.4, -0.2) is 63.2 Å². The molecule has 0 spiro atoms. The minimum atomic E-state index is -0.382. The summed E-state index contributed by atoms with van der Waals surface area (Å²) in [5.41, 5.74) is 1.79. The maximum Gasteiger partial charge on any atom is 0.337 e. The van der Waals surface area contributed by atoms with Gasteiger partial charge in [-0.15, -0.1) is 0 Å². The van der Waals surface area contributed by atoms with E-state index >= 15 is 0 Å². The van der Waals surface area contributed by atoms with Gasteiger partial charge < -0.3 is 19.5 Å². The van der Waals surface area contributed by atoms with E-state index in [1.54, 1.807) is 40.5 Å². The molecule has 1 saturated heterocycles. The number of nitrogens with zero attached hydrogens (tertiary/aromatic N) is 6. The van der Waals surface area contributed by atoms with Crippen LogP contribution in [0.4, 0.5) is 16.6 Å². The van der Waals surface area contributed by atoms with Crippen molar-refractivity contribution in [2.45, 2.75) is 38.3 Å². The molecule has 0 unspecified atom stereocenters. The third-order valence-corrected chi connectivity index (χ3v) is 6.72. The zero-order valence-electron chi connectivity index (χ0n) is 20.3. The van der Waals surface area contributed by atoms with Gasteiger partial charge in [0.15, 0.2) is 0 Å². The van der Waals surface area contributed by atoms with E-state index in [-0.39, 0.29) is 23.6 Å². The molecule has 10 nitrogen and oxygen atoms in total. The van der Waals surface area contributed by atoms with Gasteiger partial charge in [0.1, 0.15) is 5.82 Å². The van der Waals surface area contributed by atoms with Crippen molar-refractivity contribution in [3.05, 3.63) is 60.3 Å². The molecule has 10 heteroatoms. The SMILES string of the molecule is COC(=O)c1cccc(-n2cnc(C3(Nc4nccc(N5C(=O)N(C)C[C@@H]5C(C)C)n4)CC3)c2)c1. The lowest BCUT2D eigenvalue weighted by molar-refractivity contribution is 0.0600. The van der Waals surface area contributed by atoms with E-state index in [1.807, 2.05) is 29.9 Å². The number of urea groups is 1. The van der Waals surface area contributed by atoms with Crippen LogP contribution >= 0.6 is 0 Å². The Morgan fingerprint density at radius 2 is 2.03 bits per heavy atom. The third kappa shape index (κ3) is 4.20. The fourth-order valence-corrected chi connectivity index (χ4v) is 4.49. The van der Waals surface area contributed by atoms with Crippen molar-refractivity contribution in [2.75, 3.05) is 30.9 Å². The summed E-state index contributed by atoms with van der Waals surface area (Å²) < 4.78 is 6.71. The summed E-state index contributed by atoms with van der Waals surface area (Å²) in [6.07, 6.45) is 7.14. The van der Waals surface area contributed by atoms with Gasteiger partial charge in [-0.3, -0.25) is 4.90 Å². The number of ether oxygens (including phenoxy) is 1. The van der Waals surface area contributed by atoms with E-state index in [2.05, 4.69) is 29.1 Å². The Hall–Kier alpha value is -3.95. The Balaban J connectivity index is 1.38. The Kier molecular flexibility index (Phi) is 5.66. The van der Waals surface area contributed by atoms with Gasteiger partial charge in [-0.1, -0.05) is 19.9 Å². The molecule has 1 atom stereocenters. The molecule has 3 aromatic rings. The third-order valence-electron chi connectivity index (χ3n) is 6.72. The number of amides is 2. The van der Waals surface area contributed by atoms with Gasteiger partial charge >= 0.3 is 12.0 Å². The van der Waals surface area contributed by atoms with E-state index in [0.717, 1.165) is 24.2 Å². The molecule has 0 bridgehead atoms. The molecule has 1 aliphatic heterocycles. The van der Waals surface area contributed by atoms with Gasteiger partial charge in [-0.05, 0) is 43.0 Å². The molecule has 2 aromatic heterocycles. The first-order chi connectivity index (χ1) is 16.8. The van der Waals surface area contributed by atoms with Gasteiger partial charge in [0.2, 0.25) is 5.95 Å². The second-order valence-corrected chi connectivity index (χ2v) is 9.50. The smallest absolute Gasteiger partial charge is 0.337 e. The fourth-order valence-electron chi connectivity index (χ4n) is 4.49.